The van der Waals surface area contributed by atoms with Gasteiger partial charge in [-0.05, 0) is 43.0 Å². The number of hydrogen-bond donors (Lipinski definition) is 2. The van der Waals surface area contributed by atoms with Gasteiger partial charge in [0.2, 0.25) is 0 Å². The van der Waals surface area contributed by atoms with Crippen molar-refractivity contribution in [3.63, 3.8) is 0 Å². The lowest BCUT2D eigenvalue weighted by molar-refractivity contribution is 0.534. The summed E-state index contributed by atoms with van der Waals surface area (Å²) < 4.78 is 1.10. The summed E-state index contributed by atoms with van der Waals surface area (Å²) in [5.41, 5.74) is 7.42. The van der Waals surface area contributed by atoms with Crippen molar-refractivity contribution >= 4 is 15.9 Å². The Kier molecular flexibility index (Phi) is 4.69. The van der Waals surface area contributed by atoms with Crippen molar-refractivity contribution in [1.82, 2.24) is 10.4 Å². The Bertz CT molecular complexity index is 569. The van der Waals surface area contributed by atoms with E-state index in [1.165, 1.54) is 5.56 Å². The molecule has 2 aromatic rings. The number of pyridine rings is 1. The van der Waals surface area contributed by atoms with Gasteiger partial charge in [0.05, 0.1) is 11.7 Å². The number of rotatable bonds is 4. The fourth-order valence-electron chi connectivity index (χ4n) is 2.21. The van der Waals surface area contributed by atoms with Crippen LogP contribution in [0.2, 0.25) is 0 Å². The minimum Gasteiger partial charge on any atom is -0.271 e. The molecule has 19 heavy (non-hydrogen) atoms. The first kappa shape index (κ1) is 14.2. The van der Waals surface area contributed by atoms with Crippen molar-refractivity contribution in [1.29, 1.82) is 0 Å². The predicted molar refractivity (Wildman–Crippen MR) is 81.6 cm³/mol. The van der Waals surface area contributed by atoms with Gasteiger partial charge in [0.25, 0.3) is 0 Å². The van der Waals surface area contributed by atoms with E-state index in [9.17, 15) is 0 Å². The third kappa shape index (κ3) is 3.41. The minimum atomic E-state index is 0.0132. The van der Waals surface area contributed by atoms with E-state index < -0.39 is 0 Å². The Morgan fingerprint density at radius 2 is 2.05 bits per heavy atom. The molecule has 1 unspecified atom stereocenters. The molecule has 3 nitrogen and oxygen atoms in total. The van der Waals surface area contributed by atoms with Crippen LogP contribution in [-0.2, 0) is 6.42 Å². The maximum absolute atomic E-state index is 5.70. The van der Waals surface area contributed by atoms with E-state index in [1.54, 1.807) is 0 Å². The van der Waals surface area contributed by atoms with Gasteiger partial charge in [0.15, 0.2) is 0 Å². The highest BCUT2D eigenvalue weighted by Crippen LogP contribution is 2.24. The molecule has 3 N–H and O–H groups in total. The minimum absolute atomic E-state index is 0.0132. The van der Waals surface area contributed by atoms with Crippen molar-refractivity contribution in [3.05, 3.63) is 63.4 Å². The summed E-state index contributed by atoms with van der Waals surface area (Å²) in [6.07, 6.45) is 2.68. The molecule has 1 aromatic heterocycles. The van der Waals surface area contributed by atoms with Crippen LogP contribution in [-0.4, -0.2) is 4.98 Å². The Morgan fingerprint density at radius 3 is 2.68 bits per heavy atom. The number of aryl methyl sites for hydroxylation is 2. The molecule has 0 saturated heterocycles. The maximum atomic E-state index is 5.70. The van der Waals surface area contributed by atoms with Crippen molar-refractivity contribution in [2.24, 2.45) is 5.84 Å². The van der Waals surface area contributed by atoms with Crippen LogP contribution < -0.4 is 11.3 Å². The van der Waals surface area contributed by atoms with E-state index in [2.05, 4.69) is 45.4 Å². The summed E-state index contributed by atoms with van der Waals surface area (Å²) in [5.74, 6) is 5.70. The highest BCUT2D eigenvalue weighted by Gasteiger charge is 2.15. The largest absolute Gasteiger partial charge is 0.271 e. The predicted octanol–water partition coefficient (Wildman–Crippen LogP) is 3.21. The lowest BCUT2D eigenvalue weighted by atomic mass is 10.00. The molecule has 0 aliphatic carbocycles. The lowest BCUT2D eigenvalue weighted by Gasteiger charge is -2.18. The van der Waals surface area contributed by atoms with E-state index in [0.717, 1.165) is 27.7 Å². The van der Waals surface area contributed by atoms with E-state index in [0.29, 0.717) is 0 Å². The number of aromatic nitrogens is 1. The molecule has 0 amide bonds. The SMILES string of the molecule is Cc1cnc(C(Cc2ccccc2Br)NN)c(C)c1. The Hall–Kier alpha value is -1.23. The summed E-state index contributed by atoms with van der Waals surface area (Å²) in [5, 5.41) is 0. The first-order chi connectivity index (χ1) is 9.11. The average Bonchev–Trinajstić information content (AvgIpc) is 2.39. The van der Waals surface area contributed by atoms with E-state index in [4.69, 9.17) is 5.84 Å². The van der Waals surface area contributed by atoms with Crippen LogP contribution >= 0.6 is 15.9 Å². The zero-order valence-electron chi connectivity index (χ0n) is 11.2. The molecular weight excluding hydrogens is 302 g/mol. The van der Waals surface area contributed by atoms with Gasteiger partial charge in [-0.15, -0.1) is 0 Å². The molecule has 0 radical (unpaired) electrons. The summed E-state index contributed by atoms with van der Waals surface area (Å²) in [7, 11) is 0. The number of nitrogens with two attached hydrogens (primary N) is 1. The van der Waals surface area contributed by atoms with Gasteiger partial charge < -0.3 is 0 Å². The van der Waals surface area contributed by atoms with Gasteiger partial charge in [-0.2, -0.15) is 0 Å². The van der Waals surface area contributed by atoms with Gasteiger partial charge in [0.1, 0.15) is 0 Å². The normalized spacial score (nSPS) is 12.4. The van der Waals surface area contributed by atoms with Crippen LogP contribution in [0.15, 0.2) is 41.0 Å². The monoisotopic (exact) mass is 319 g/mol. The molecular formula is C15H18BrN3. The van der Waals surface area contributed by atoms with E-state index in [1.807, 2.05) is 31.3 Å². The number of hydrazine groups is 1. The number of hydrogen-bond acceptors (Lipinski definition) is 3. The topological polar surface area (TPSA) is 50.9 Å². The molecule has 4 heteroatoms. The Labute approximate surface area is 122 Å². The molecule has 2 rings (SSSR count). The second kappa shape index (κ2) is 6.28. The van der Waals surface area contributed by atoms with Crippen LogP contribution in [0, 0.1) is 13.8 Å². The summed E-state index contributed by atoms with van der Waals surface area (Å²) >= 11 is 3.57. The van der Waals surface area contributed by atoms with Crippen molar-refractivity contribution in [2.45, 2.75) is 26.3 Å². The first-order valence-electron chi connectivity index (χ1n) is 6.24. The quantitative estimate of drug-likeness (QED) is 0.672. The number of benzene rings is 1. The summed E-state index contributed by atoms with van der Waals surface area (Å²) in [4.78, 5) is 4.52. The molecule has 0 aliphatic heterocycles. The van der Waals surface area contributed by atoms with Crippen molar-refractivity contribution in [3.8, 4) is 0 Å². The van der Waals surface area contributed by atoms with Crippen LogP contribution in [0.3, 0.4) is 0 Å². The van der Waals surface area contributed by atoms with Crippen molar-refractivity contribution in [2.75, 3.05) is 0 Å². The Morgan fingerprint density at radius 1 is 1.32 bits per heavy atom. The molecule has 0 fully saturated rings. The van der Waals surface area contributed by atoms with Crippen LogP contribution in [0.1, 0.15) is 28.4 Å². The fraction of sp³-hybridized carbons (Fsp3) is 0.267. The maximum Gasteiger partial charge on any atom is 0.0675 e. The summed E-state index contributed by atoms with van der Waals surface area (Å²) in [6, 6.07) is 10.3. The first-order valence-corrected chi connectivity index (χ1v) is 7.03. The van der Waals surface area contributed by atoms with Gasteiger partial charge in [0, 0.05) is 10.7 Å². The van der Waals surface area contributed by atoms with Crippen LogP contribution in [0.25, 0.3) is 0 Å². The highest BCUT2D eigenvalue weighted by molar-refractivity contribution is 9.10. The fourth-order valence-corrected chi connectivity index (χ4v) is 2.66. The average molecular weight is 320 g/mol. The van der Waals surface area contributed by atoms with Gasteiger partial charge >= 0.3 is 0 Å². The van der Waals surface area contributed by atoms with Crippen LogP contribution in [0.4, 0.5) is 0 Å². The van der Waals surface area contributed by atoms with Gasteiger partial charge in [-0.3, -0.25) is 16.3 Å². The molecule has 0 aliphatic rings. The second-order valence-electron chi connectivity index (χ2n) is 4.73. The molecule has 1 atom stereocenters. The van der Waals surface area contributed by atoms with Gasteiger partial charge in [-0.1, -0.05) is 40.2 Å². The highest BCUT2D eigenvalue weighted by atomic mass is 79.9. The molecule has 1 heterocycles. The third-order valence-electron chi connectivity index (χ3n) is 3.17. The zero-order valence-corrected chi connectivity index (χ0v) is 12.7. The number of nitrogens with one attached hydrogen (secondary N) is 1. The van der Waals surface area contributed by atoms with E-state index >= 15 is 0 Å². The molecule has 100 valence electrons. The van der Waals surface area contributed by atoms with E-state index in [-0.39, 0.29) is 6.04 Å². The zero-order chi connectivity index (χ0) is 13.8. The second-order valence-corrected chi connectivity index (χ2v) is 5.58. The Balaban J connectivity index is 2.28. The molecule has 0 spiro atoms. The van der Waals surface area contributed by atoms with Gasteiger partial charge in [-0.25, -0.2) is 0 Å². The number of halogens is 1. The summed E-state index contributed by atoms with van der Waals surface area (Å²) in [6.45, 7) is 4.11. The number of nitrogens with zero attached hydrogens (tertiary/aromatic N) is 1. The standard InChI is InChI=1S/C15H18BrN3/c1-10-7-11(2)15(18-9-10)14(19-17)8-12-5-3-4-6-13(12)16/h3-7,9,14,19H,8,17H2,1-2H3. The third-order valence-corrected chi connectivity index (χ3v) is 3.94. The van der Waals surface area contributed by atoms with Crippen LogP contribution in [0.5, 0.6) is 0 Å². The molecule has 0 saturated carbocycles. The molecule has 0 bridgehead atoms. The van der Waals surface area contributed by atoms with Crippen molar-refractivity contribution < 1.29 is 0 Å². The molecule has 1 aromatic carbocycles. The smallest absolute Gasteiger partial charge is 0.0675 e. The lowest BCUT2D eigenvalue weighted by Crippen LogP contribution is -2.31.